The number of amides is 1. The van der Waals surface area contributed by atoms with Crippen molar-refractivity contribution in [3.8, 4) is 0 Å². The minimum atomic E-state index is -0.112. The Morgan fingerprint density at radius 2 is 1.76 bits per heavy atom. The Morgan fingerprint density at radius 3 is 2.44 bits per heavy atom. The topological polar surface area (TPSA) is 41.6 Å². The Morgan fingerprint density at radius 1 is 1.12 bits per heavy atom. The first-order valence-corrected chi connectivity index (χ1v) is 9.03. The van der Waals surface area contributed by atoms with Gasteiger partial charge in [-0.05, 0) is 50.6 Å². The summed E-state index contributed by atoms with van der Waals surface area (Å²) in [5.41, 5.74) is 0.594. The van der Waals surface area contributed by atoms with Crippen molar-refractivity contribution in [3.05, 3.63) is 48.0 Å². The Kier molecular flexibility index (Phi) is 5.11. The molecule has 1 heterocycles. The van der Waals surface area contributed by atoms with Gasteiger partial charge in [0.05, 0.1) is 12.2 Å². The molecule has 2 aromatic rings. The molecular formula is C21H28N2O2. The molecule has 134 valence electrons. The maximum atomic E-state index is 12.6. The molecule has 1 N–H and O–H groups in total. The van der Waals surface area contributed by atoms with Gasteiger partial charge in [-0.15, -0.1) is 0 Å². The van der Waals surface area contributed by atoms with E-state index in [0.29, 0.717) is 12.1 Å². The predicted octanol–water partition coefficient (Wildman–Crippen LogP) is 3.46. The lowest BCUT2D eigenvalue weighted by Crippen LogP contribution is -2.58. The first-order valence-electron chi connectivity index (χ1n) is 9.03. The van der Waals surface area contributed by atoms with Crippen LogP contribution in [-0.2, 0) is 4.74 Å². The zero-order valence-electron chi connectivity index (χ0n) is 15.6. The van der Waals surface area contributed by atoms with E-state index in [2.05, 4.69) is 44.0 Å². The smallest absolute Gasteiger partial charge is 0.251 e. The van der Waals surface area contributed by atoms with E-state index in [0.717, 1.165) is 23.9 Å². The van der Waals surface area contributed by atoms with Gasteiger partial charge >= 0.3 is 0 Å². The number of nitrogens with zero attached hydrogens (tertiary/aromatic N) is 1. The molecule has 0 aliphatic carbocycles. The van der Waals surface area contributed by atoms with Gasteiger partial charge in [-0.1, -0.05) is 30.3 Å². The highest BCUT2D eigenvalue weighted by Crippen LogP contribution is 2.21. The third-order valence-corrected chi connectivity index (χ3v) is 4.97. The molecule has 1 saturated heterocycles. The van der Waals surface area contributed by atoms with E-state index < -0.39 is 0 Å². The molecule has 2 unspecified atom stereocenters. The molecule has 0 spiro atoms. The summed E-state index contributed by atoms with van der Waals surface area (Å²) < 4.78 is 5.82. The molecule has 3 rings (SSSR count). The average molecular weight is 340 g/mol. The minimum Gasteiger partial charge on any atom is -0.373 e. The molecule has 2 aromatic carbocycles. The molecule has 0 radical (unpaired) electrons. The SMILES string of the molecule is CC1CN(C(C)(C)CNC(=O)c2ccc3ccccc3c2)CC(C)O1. The van der Waals surface area contributed by atoms with Gasteiger partial charge in [-0.2, -0.15) is 0 Å². The Labute approximate surface area is 150 Å². The van der Waals surface area contributed by atoms with Crippen LogP contribution in [0, 0.1) is 0 Å². The van der Waals surface area contributed by atoms with Gasteiger partial charge in [0, 0.05) is 30.7 Å². The van der Waals surface area contributed by atoms with Crippen LogP contribution in [0.25, 0.3) is 10.8 Å². The predicted molar refractivity (Wildman–Crippen MR) is 102 cm³/mol. The van der Waals surface area contributed by atoms with Crippen LogP contribution in [-0.4, -0.2) is 48.2 Å². The standard InChI is InChI=1S/C21H28N2O2/c1-15-12-23(13-16(2)25-15)21(3,4)14-22-20(24)19-10-9-17-7-5-6-8-18(17)11-19/h5-11,15-16H,12-14H2,1-4H3,(H,22,24). The number of nitrogens with one attached hydrogen (secondary N) is 1. The largest absolute Gasteiger partial charge is 0.373 e. The van der Waals surface area contributed by atoms with Gasteiger partial charge in [0.1, 0.15) is 0 Å². The normalized spacial score (nSPS) is 22.1. The molecule has 2 atom stereocenters. The average Bonchev–Trinajstić information content (AvgIpc) is 2.58. The molecule has 4 nitrogen and oxygen atoms in total. The van der Waals surface area contributed by atoms with E-state index >= 15 is 0 Å². The van der Waals surface area contributed by atoms with Crippen molar-refractivity contribution in [1.82, 2.24) is 10.2 Å². The second-order valence-electron chi connectivity index (χ2n) is 7.72. The molecule has 1 aliphatic rings. The van der Waals surface area contributed by atoms with Crippen molar-refractivity contribution in [2.24, 2.45) is 0 Å². The number of carbonyl (C=O) groups is 1. The van der Waals surface area contributed by atoms with Crippen LogP contribution in [0.3, 0.4) is 0 Å². The second kappa shape index (κ2) is 7.14. The van der Waals surface area contributed by atoms with E-state index in [4.69, 9.17) is 4.74 Å². The molecule has 1 amide bonds. The van der Waals surface area contributed by atoms with Gasteiger partial charge < -0.3 is 10.1 Å². The van der Waals surface area contributed by atoms with Gasteiger partial charge in [-0.25, -0.2) is 0 Å². The second-order valence-corrected chi connectivity index (χ2v) is 7.72. The lowest BCUT2D eigenvalue weighted by Gasteiger charge is -2.45. The number of carbonyl (C=O) groups excluding carboxylic acids is 1. The van der Waals surface area contributed by atoms with E-state index in [-0.39, 0.29) is 23.7 Å². The minimum absolute atomic E-state index is 0.0202. The van der Waals surface area contributed by atoms with Crippen molar-refractivity contribution in [1.29, 1.82) is 0 Å². The molecule has 1 aliphatic heterocycles. The highest BCUT2D eigenvalue weighted by atomic mass is 16.5. The van der Waals surface area contributed by atoms with Gasteiger partial charge in [-0.3, -0.25) is 9.69 Å². The fraction of sp³-hybridized carbons (Fsp3) is 0.476. The summed E-state index contributed by atoms with van der Waals surface area (Å²) in [6, 6.07) is 13.9. The van der Waals surface area contributed by atoms with Crippen molar-refractivity contribution in [3.63, 3.8) is 0 Å². The lowest BCUT2D eigenvalue weighted by atomic mass is 9.99. The molecular weight excluding hydrogens is 312 g/mol. The maximum absolute atomic E-state index is 12.6. The van der Waals surface area contributed by atoms with E-state index in [1.807, 2.05) is 36.4 Å². The van der Waals surface area contributed by atoms with Crippen LogP contribution >= 0.6 is 0 Å². The number of morpholine rings is 1. The van der Waals surface area contributed by atoms with E-state index in [1.165, 1.54) is 0 Å². The number of rotatable bonds is 4. The number of fused-ring (bicyclic) bond motifs is 1. The van der Waals surface area contributed by atoms with Crippen molar-refractivity contribution >= 4 is 16.7 Å². The van der Waals surface area contributed by atoms with Gasteiger partial charge in [0.25, 0.3) is 5.91 Å². The van der Waals surface area contributed by atoms with Crippen LogP contribution in [0.1, 0.15) is 38.1 Å². The molecule has 0 aromatic heterocycles. The molecule has 0 bridgehead atoms. The molecule has 0 saturated carbocycles. The third kappa shape index (κ3) is 4.20. The quantitative estimate of drug-likeness (QED) is 0.927. The van der Waals surface area contributed by atoms with Crippen LogP contribution in [0.15, 0.2) is 42.5 Å². The first-order chi connectivity index (χ1) is 11.8. The monoisotopic (exact) mass is 340 g/mol. The summed E-state index contributed by atoms with van der Waals surface area (Å²) in [5.74, 6) is -0.0202. The highest BCUT2D eigenvalue weighted by Gasteiger charge is 2.33. The van der Waals surface area contributed by atoms with E-state index in [1.54, 1.807) is 0 Å². The van der Waals surface area contributed by atoms with Gasteiger partial charge in [0.15, 0.2) is 0 Å². The Balaban J connectivity index is 1.65. The van der Waals surface area contributed by atoms with E-state index in [9.17, 15) is 4.79 Å². The lowest BCUT2D eigenvalue weighted by molar-refractivity contribution is -0.0948. The maximum Gasteiger partial charge on any atom is 0.251 e. The van der Waals surface area contributed by atoms with Crippen molar-refractivity contribution in [2.45, 2.75) is 45.4 Å². The molecule has 4 heteroatoms. The highest BCUT2D eigenvalue weighted by molar-refractivity contribution is 5.98. The van der Waals surface area contributed by atoms with Crippen LogP contribution in [0.4, 0.5) is 0 Å². The number of benzene rings is 2. The first kappa shape index (κ1) is 17.9. The summed E-state index contributed by atoms with van der Waals surface area (Å²) in [5, 5.41) is 5.35. The summed E-state index contributed by atoms with van der Waals surface area (Å²) in [6.45, 7) is 11.0. The fourth-order valence-corrected chi connectivity index (χ4v) is 3.51. The third-order valence-electron chi connectivity index (χ3n) is 4.97. The van der Waals surface area contributed by atoms with Crippen LogP contribution in [0.2, 0.25) is 0 Å². The molecule has 1 fully saturated rings. The summed E-state index contributed by atoms with van der Waals surface area (Å²) in [6.07, 6.45) is 0.443. The summed E-state index contributed by atoms with van der Waals surface area (Å²) in [4.78, 5) is 15.0. The fourth-order valence-electron chi connectivity index (χ4n) is 3.51. The molecule has 25 heavy (non-hydrogen) atoms. The zero-order valence-corrected chi connectivity index (χ0v) is 15.6. The number of hydrogen-bond acceptors (Lipinski definition) is 3. The van der Waals surface area contributed by atoms with Crippen LogP contribution < -0.4 is 5.32 Å². The Hall–Kier alpha value is -1.91. The zero-order chi connectivity index (χ0) is 18.0. The number of ether oxygens (including phenoxy) is 1. The van der Waals surface area contributed by atoms with Crippen LogP contribution in [0.5, 0.6) is 0 Å². The number of hydrogen-bond donors (Lipinski definition) is 1. The Bertz CT molecular complexity index is 746. The summed E-state index contributed by atoms with van der Waals surface area (Å²) >= 11 is 0. The van der Waals surface area contributed by atoms with Crippen molar-refractivity contribution < 1.29 is 9.53 Å². The summed E-state index contributed by atoms with van der Waals surface area (Å²) in [7, 11) is 0. The van der Waals surface area contributed by atoms with Gasteiger partial charge in [0.2, 0.25) is 0 Å². The van der Waals surface area contributed by atoms with Crippen molar-refractivity contribution in [2.75, 3.05) is 19.6 Å².